The smallest absolute Gasteiger partial charge is 0.388 e. The lowest BCUT2D eigenvalue weighted by Gasteiger charge is -2.04. The van der Waals surface area contributed by atoms with E-state index >= 15 is 0 Å². The maximum atomic E-state index is 11.6. The van der Waals surface area contributed by atoms with Gasteiger partial charge in [0.2, 0.25) is 0 Å². The third kappa shape index (κ3) is 3.51. The molecular formula is C15H14N4O3. The molecule has 0 fully saturated rings. The van der Waals surface area contributed by atoms with Crippen LogP contribution in [0.3, 0.4) is 0 Å². The molecule has 0 unspecified atom stereocenters. The quantitative estimate of drug-likeness (QED) is 0.781. The van der Waals surface area contributed by atoms with Crippen molar-refractivity contribution in [2.24, 2.45) is 0 Å². The molecule has 0 saturated carbocycles. The normalized spacial score (nSPS) is 10.4. The van der Waals surface area contributed by atoms with Crippen molar-refractivity contribution >= 4 is 6.09 Å². The molecule has 7 nitrogen and oxygen atoms in total. The van der Waals surface area contributed by atoms with Crippen LogP contribution in [-0.4, -0.2) is 27.3 Å². The average Bonchev–Trinajstić information content (AvgIpc) is 3.20. The van der Waals surface area contributed by atoms with Gasteiger partial charge in [0.1, 0.15) is 0 Å². The van der Waals surface area contributed by atoms with E-state index in [1.165, 1.54) is 0 Å². The van der Waals surface area contributed by atoms with Crippen molar-refractivity contribution in [1.29, 1.82) is 0 Å². The Morgan fingerprint density at radius 3 is 2.95 bits per heavy atom. The molecule has 0 aliphatic carbocycles. The lowest BCUT2D eigenvalue weighted by Crippen LogP contribution is -2.29. The van der Waals surface area contributed by atoms with Crippen molar-refractivity contribution < 1.29 is 14.1 Å². The number of hydrogen-bond acceptors (Lipinski definition) is 5. The van der Waals surface area contributed by atoms with E-state index in [2.05, 4.69) is 15.5 Å². The monoisotopic (exact) mass is 298 g/mol. The third-order valence-corrected chi connectivity index (χ3v) is 2.94. The van der Waals surface area contributed by atoms with Crippen molar-refractivity contribution in [3.05, 3.63) is 55.1 Å². The van der Waals surface area contributed by atoms with E-state index in [0.29, 0.717) is 18.8 Å². The number of nitrogens with zero attached hydrogens (tertiary/aromatic N) is 3. The first-order valence-corrected chi connectivity index (χ1v) is 6.75. The molecule has 3 rings (SSSR count). The topological polar surface area (TPSA) is 82.2 Å². The summed E-state index contributed by atoms with van der Waals surface area (Å²) in [4.78, 5) is 15.6. The number of carbonyl (C=O) groups excluding carboxylic acids is 1. The summed E-state index contributed by atoms with van der Waals surface area (Å²) in [6.07, 6.45) is 4.60. The number of amides is 1. The minimum atomic E-state index is -0.576. The van der Waals surface area contributed by atoms with Crippen LogP contribution in [0.5, 0.6) is 5.88 Å². The van der Waals surface area contributed by atoms with Crippen LogP contribution in [0.4, 0.5) is 4.79 Å². The maximum Gasteiger partial charge on any atom is 0.414 e. The van der Waals surface area contributed by atoms with Crippen LogP contribution in [0.2, 0.25) is 0 Å². The van der Waals surface area contributed by atoms with E-state index in [1.807, 2.05) is 41.1 Å². The van der Waals surface area contributed by atoms with Gasteiger partial charge in [-0.25, -0.2) is 9.78 Å². The summed E-state index contributed by atoms with van der Waals surface area (Å²) in [5.41, 5.74) is 0.866. The van der Waals surface area contributed by atoms with Crippen molar-refractivity contribution in [1.82, 2.24) is 20.0 Å². The number of hydrogen-bond donors (Lipinski definition) is 1. The lowest BCUT2D eigenvalue weighted by atomic mass is 10.2. The summed E-state index contributed by atoms with van der Waals surface area (Å²) < 4.78 is 12.1. The van der Waals surface area contributed by atoms with Gasteiger partial charge in [0.25, 0.3) is 5.88 Å². The summed E-state index contributed by atoms with van der Waals surface area (Å²) in [5.74, 6) is 0.667. The second-order valence-corrected chi connectivity index (χ2v) is 4.51. The molecule has 1 N–H and O–H groups in total. The van der Waals surface area contributed by atoms with Gasteiger partial charge in [0.15, 0.2) is 5.76 Å². The molecule has 7 heteroatoms. The molecule has 112 valence electrons. The summed E-state index contributed by atoms with van der Waals surface area (Å²) in [6.45, 7) is 1.04. The van der Waals surface area contributed by atoms with Gasteiger partial charge < -0.3 is 19.1 Å². The van der Waals surface area contributed by atoms with Gasteiger partial charge in [0, 0.05) is 31.0 Å². The summed E-state index contributed by atoms with van der Waals surface area (Å²) in [6, 6.07) is 11.0. The van der Waals surface area contributed by atoms with E-state index in [1.54, 1.807) is 18.6 Å². The number of nitrogens with one attached hydrogen (secondary N) is 1. The van der Waals surface area contributed by atoms with Crippen LogP contribution < -0.4 is 10.1 Å². The Bertz CT molecular complexity index is 722. The Kier molecular flexibility index (Phi) is 4.15. The first kappa shape index (κ1) is 13.9. The average molecular weight is 298 g/mol. The fourth-order valence-electron chi connectivity index (χ4n) is 1.88. The first-order chi connectivity index (χ1) is 10.8. The van der Waals surface area contributed by atoms with Gasteiger partial charge >= 0.3 is 6.09 Å². The van der Waals surface area contributed by atoms with Crippen molar-refractivity contribution in [2.45, 2.75) is 6.54 Å². The number of ether oxygens (including phenoxy) is 1. The molecule has 1 aromatic carbocycles. The highest BCUT2D eigenvalue weighted by Crippen LogP contribution is 2.23. The van der Waals surface area contributed by atoms with Gasteiger partial charge in [0.05, 0.1) is 12.4 Å². The van der Waals surface area contributed by atoms with Gasteiger partial charge in [-0.15, -0.1) is 0 Å². The van der Waals surface area contributed by atoms with Crippen LogP contribution in [0.25, 0.3) is 11.3 Å². The molecule has 2 aromatic heterocycles. The fourth-order valence-corrected chi connectivity index (χ4v) is 1.88. The SMILES string of the molecule is O=C(NCCn1ccnc1)Oc1cc(-c2ccccc2)on1. The number of rotatable bonds is 5. The highest BCUT2D eigenvalue weighted by atomic mass is 16.6. The predicted molar refractivity (Wildman–Crippen MR) is 78.2 cm³/mol. The Balaban J connectivity index is 1.50. The van der Waals surface area contributed by atoms with E-state index in [-0.39, 0.29) is 5.88 Å². The summed E-state index contributed by atoms with van der Waals surface area (Å²) in [7, 11) is 0. The number of aromatic nitrogens is 3. The second-order valence-electron chi connectivity index (χ2n) is 4.51. The van der Waals surface area contributed by atoms with Crippen molar-refractivity contribution in [3.8, 4) is 17.2 Å². The minimum absolute atomic E-state index is 0.124. The van der Waals surface area contributed by atoms with E-state index in [4.69, 9.17) is 9.26 Å². The Labute approximate surface area is 126 Å². The molecule has 0 spiro atoms. The molecule has 0 atom stereocenters. The first-order valence-electron chi connectivity index (χ1n) is 6.75. The molecule has 2 heterocycles. The second kappa shape index (κ2) is 6.57. The molecule has 22 heavy (non-hydrogen) atoms. The molecule has 0 aliphatic rings. The molecule has 1 amide bonds. The van der Waals surface area contributed by atoms with E-state index in [9.17, 15) is 4.79 Å². The molecular weight excluding hydrogens is 284 g/mol. The zero-order chi connectivity index (χ0) is 15.2. The maximum absolute atomic E-state index is 11.6. The predicted octanol–water partition coefficient (Wildman–Crippen LogP) is 2.33. The highest BCUT2D eigenvalue weighted by molar-refractivity contribution is 5.70. The minimum Gasteiger partial charge on any atom is -0.388 e. The van der Waals surface area contributed by atoms with Crippen LogP contribution in [0.1, 0.15) is 0 Å². The molecule has 3 aromatic rings. The largest absolute Gasteiger partial charge is 0.414 e. The van der Waals surface area contributed by atoms with Gasteiger partial charge in [-0.2, -0.15) is 0 Å². The third-order valence-electron chi connectivity index (χ3n) is 2.94. The van der Waals surface area contributed by atoms with Crippen LogP contribution in [0, 0.1) is 0 Å². The number of imidazole rings is 1. The zero-order valence-corrected chi connectivity index (χ0v) is 11.7. The molecule has 0 aliphatic heterocycles. The summed E-state index contributed by atoms with van der Waals surface area (Å²) in [5, 5.41) is 6.34. The van der Waals surface area contributed by atoms with Crippen LogP contribution in [-0.2, 0) is 6.54 Å². The molecule has 0 radical (unpaired) electrons. The van der Waals surface area contributed by atoms with Crippen molar-refractivity contribution in [3.63, 3.8) is 0 Å². The van der Waals surface area contributed by atoms with Crippen molar-refractivity contribution in [2.75, 3.05) is 6.54 Å². The number of benzene rings is 1. The van der Waals surface area contributed by atoms with E-state index < -0.39 is 6.09 Å². The molecule has 0 saturated heterocycles. The number of carbonyl (C=O) groups is 1. The van der Waals surface area contributed by atoms with Gasteiger partial charge in [-0.3, -0.25) is 0 Å². The van der Waals surface area contributed by atoms with Gasteiger partial charge in [-0.05, 0) is 5.16 Å². The van der Waals surface area contributed by atoms with Crippen LogP contribution >= 0.6 is 0 Å². The van der Waals surface area contributed by atoms with E-state index in [0.717, 1.165) is 5.56 Å². The Hall–Kier alpha value is -3.09. The van der Waals surface area contributed by atoms with Gasteiger partial charge in [-0.1, -0.05) is 30.3 Å². The standard InChI is InChI=1S/C15H14N4O3/c20-15(17-7-9-19-8-6-16-11-19)21-14-10-13(22-18-14)12-4-2-1-3-5-12/h1-6,8,10-11H,7,9H2,(H,17,20). The zero-order valence-electron chi connectivity index (χ0n) is 11.7. The summed E-state index contributed by atoms with van der Waals surface area (Å²) >= 11 is 0. The van der Waals surface area contributed by atoms with Crippen LogP contribution in [0.15, 0.2) is 59.6 Å². The fraction of sp³-hybridized carbons (Fsp3) is 0.133. The molecule has 0 bridgehead atoms. The Morgan fingerprint density at radius 2 is 2.18 bits per heavy atom. The lowest BCUT2D eigenvalue weighted by molar-refractivity contribution is 0.195. The highest BCUT2D eigenvalue weighted by Gasteiger charge is 2.10. The Morgan fingerprint density at radius 1 is 1.32 bits per heavy atom.